The van der Waals surface area contributed by atoms with Crippen molar-refractivity contribution in [3.05, 3.63) is 41.5 Å². The smallest absolute Gasteiger partial charge is 0.409 e. The first-order valence-electron chi connectivity index (χ1n) is 9.89. The first-order chi connectivity index (χ1) is 14.1. The van der Waals surface area contributed by atoms with E-state index in [-0.39, 0.29) is 6.09 Å². The summed E-state index contributed by atoms with van der Waals surface area (Å²) in [6, 6.07) is 4.36. The number of pyridine rings is 1. The number of ether oxygens (including phenoxy) is 1. The van der Waals surface area contributed by atoms with Crippen molar-refractivity contribution in [3.8, 4) is 6.07 Å². The summed E-state index contributed by atoms with van der Waals surface area (Å²) in [5.41, 5.74) is 5.43. The van der Waals surface area contributed by atoms with Gasteiger partial charge in [-0.25, -0.2) is 4.79 Å². The van der Waals surface area contributed by atoms with Crippen LogP contribution in [0.25, 0.3) is 11.1 Å². The van der Waals surface area contributed by atoms with Crippen molar-refractivity contribution in [3.63, 3.8) is 0 Å². The quantitative estimate of drug-likeness (QED) is 0.794. The minimum Gasteiger partial charge on any atom is -0.449 e. The molecule has 0 N–H and O–H groups in total. The van der Waals surface area contributed by atoms with Gasteiger partial charge in [-0.2, -0.15) is 10.4 Å². The number of anilines is 1. The number of aromatic nitrogens is 3. The van der Waals surface area contributed by atoms with Crippen molar-refractivity contribution < 1.29 is 9.53 Å². The number of hydrogen-bond donors (Lipinski definition) is 0. The summed E-state index contributed by atoms with van der Waals surface area (Å²) in [7, 11) is 1.87. The van der Waals surface area contributed by atoms with E-state index in [2.05, 4.69) is 21.1 Å². The van der Waals surface area contributed by atoms with Crippen molar-refractivity contribution in [2.24, 2.45) is 7.05 Å². The molecule has 0 aromatic carbocycles. The number of amides is 1. The van der Waals surface area contributed by atoms with E-state index in [1.165, 1.54) is 0 Å². The highest BCUT2D eigenvalue weighted by molar-refractivity contribution is 6.05. The Labute approximate surface area is 170 Å². The molecule has 0 saturated carbocycles. The van der Waals surface area contributed by atoms with Crippen LogP contribution in [0.5, 0.6) is 0 Å². The molecule has 2 aromatic rings. The zero-order valence-electron chi connectivity index (χ0n) is 16.8. The molecule has 1 fully saturated rings. The number of piperazine rings is 1. The van der Waals surface area contributed by atoms with Crippen LogP contribution >= 0.6 is 0 Å². The van der Waals surface area contributed by atoms with E-state index in [1.807, 2.05) is 26.2 Å². The maximum absolute atomic E-state index is 12.1. The number of allylic oxidation sites excluding steroid dienone is 2. The molecular formula is C21H24N6O2. The molecule has 1 aliphatic heterocycles. The predicted molar refractivity (Wildman–Crippen MR) is 109 cm³/mol. The fourth-order valence-electron chi connectivity index (χ4n) is 3.93. The third-order valence-corrected chi connectivity index (χ3v) is 5.38. The Kier molecular flexibility index (Phi) is 5.21. The first kappa shape index (κ1) is 19.0. The molecule has 150 valence electrons. The van der Waals surface area contributed by atoms with Gasteiger partial charge in [0.25, 0.3) is 0 Å². The van der Waals surface area contributed by atoms with Crippen molar-refractivity contribution in [2.75, 3.05) is 37.7 Å². The lowest BCUT2D eigenvalue weighted by Gasteiger charge is -2.36. The van der Waals surface area contributed by atoms with Gasteiger partial charge in [0, 0.05) is 68.9 Å². The van der Waals surface area contributed by atoms with Crippen LogP contribution in [0.2, 0.25) is 0 Å². The average Bonchev–Trinajstić information content (AvgIpc) is 3.35. The number of carbonyl (C=O) groups is 1. The molecule has 0 unspecified atom stereocenters. The standard InChI is InChI=1S/C21H24N6O2/c1-3-10-29-21(28)27-8-6-26(7-9-27)19-4-5-23-18-11-16(17(12-22)20(18)19)15-13-24-25(2)14-15/h4-5,13-14H,3,6-11H2,1-2H3. The fourth-order valence-corrected chi connectivity index (χ4v) is 3.93. The van der Waals surface area contributed by atoms with Crippen LogP contribution in [0.3, 0.4) is 0 Å². The summed E-state index contributed by atoms with van der Waals surface area (Å²) >= 11 is 0. The molecule has 1 saturated heterocycles. The number of aryl methyl sites for hydroxylation is 1. The second-order valence-electron chi connectivity index (χ2n) is 7.29. The third-order valence-electron chi connectivity index (χ3n) is 5.38. The van der Waals surface area contributed by atoms with E-state index in [0.717, 1.165) is 34.5 Å². The van der Waals surface area contributed by atoms with Crippen molar-refractivity contribution in [1.82, 2.24) is 19.7 Å². The number of carbonyl (C=O) groups excluding carboxylic acids is 1. The largest absolute Gasteiger partial charge is 0.449 e. The zero-order valence-corrected chi connectivity index (χ0v) is 16.8. The lowest BCUT2D eigenvalue weighted by atomic mass is 10.0. The summed E-state index contributed by atoms with van der Waals surface area (Å²) in [4.78, 5) is 20.6. The SMILES string of the molecule is CCCOC(=O)N1CCN(c2ccnc3c2C(C#N)=C(c2cnn(C)c2)C3)CC1. The van der Waals surface area contributed by atoms with E-state index in [1.54, 1.807) is 22.0 Å². The van der Waals surface area contributed by atoms with Crippen molar-refractivity contribution >= 4 is 22.9 Å². The first-order valence-corrected chi connectivity index (χ1v) is 9.89. The fraction of sp³-hybridized carbons (Fsp3) is 0.429. The van der Waals surface area contributed by atoms with Gasteiger partial charge in [0.15, 0.2) is 0 Å². The van der Waals surface area contributed by atoms with Gasteiger partial charge >= 0.3 is 6.09 Å². The lowest BCUT2D eigenvalue weighted by molar-refractivity contribution is 0.100. The van der Waals surface area contributed by atoms with Crippen LogP contribution in [0, 0.1) is 11.3 Å². The maximum Gasteiger partial charge on any atom is 0.409 e. The Morgan fingerprint density at radius 1 is 1.31 bits per heavy atom. The summed E-state index contributed by atoms with van der Waals surface area (Å²) in [5.74, 6) is 0. The van der Waals surface area contributed by atoms with Gasteiger partial charge in [-0.3, -0.25) is 9.67 Å². The Hall–Kier alpha value is -3.34. The van der Waals surface area contributed by atoms with Crippen molar-refractivity contribution in [1.29, 1.82) is 5.26 Å². The number of nitrogens with zero attached hydrogens (tertiary/aromatic N) is 6. The summed E-state index contributed by atoms with van der Waals surface area (Å²) < 4.78 is 6.99. The highest BCUT2D eigenvalue weighted by Gasteiger charge is 2.30. The van der Waals surface area contributed by atoms with Crippen LogP contribution < -0.4 is 4.90 Å². The third kappa shape index (κ3) is 3.56. The van der Waals surface area contributed by atoms with Gasteiger partial charge in [0.2, 0.25) is 0 Å². The number of fused-ring (bicyclic) bond motifs is 1. The van der Waals surface area contributed by atoms with E-state index in [9.17, 15) is 10.1 Å². The molecule has 3 heterocycles. The van der Waals surface area contributed by atoms with E-state index in [4.69, 9.17) is 4.74 Å². The zero-order chi connectivity index (χ0) is 20.4. The highest BCUT2D eigenvalue weighted by atomic mass is 16.6. The molecule has 1 amide bonds. The molecule has 8 nitrogen and oxygen atoms in total. The Morgan fingerprint density at radius 3 is 2.76 bits per heavy atom. The van der Waals surface area contributed by atoms with E-state index < -0.39 is 0 Å². The Morgan fingerprint density at radius 2 is 2.10 bits per heavy atom. The molecule has 8 heteroatoms. The molecule has 2 aliphatic rings. The van der Waals surface area contributed by atoms with Gasteiger partial charge in [-0.15, -0.1) is 0 Å². The molecule has 0 radical (unpaired) electrons. The van der Waals surface area contributed by atoms with Crippen LogP contribution in [-0.2, 0) is 18.2 Å². The highest BCUT2D eigenvalue weighted by Crippen LogP contribution is 2.42. The van der Waals surface area contributed by atoms with Gasteiger partial charge in [0.05, 0.1) is 24.1 Å². The number of hydrogen-bond acceptors (Lipinski definition) is 6. The number of nitriles is 1. The second-order valence-corrected chi connectivity index (χ2v) is 7.29. The van der Waals surface area contributed by atoms with Crippen LogP contribution in [0.15, 0.2) is 24.7 Å². The summed E-state index contributed by atoms with van der Waals surface area (Å²) in [6.45, 7) is 5.01. The van der Waals surface area contributed by atoms with Crippen LogP contribution in [0.4, 0.5) is 10.5 Å². The predicted octanol–water partition coefficient (Wildman–Crippen LogP) is 2.47. The second kappa shape index (κ2) is 7.95. The summed E-state index contributed by atoms with van der Waals surface area (Å²) in [5, 5.41) is 14.2. The molecule has 0 bridgehead atoms. The Balaban J connectivity index is 1.58. The summed E-state index contributed by atoms with van der Waals surface area (Å²) in [6.07, 6.45) is 6.72. The monoisotopic (exact) mass is 392 g/mol. The molecule has 0 atom stereocenters. The van der Waals surface area contributed by atoms with Gasteiger partial charge < -0.3 is 14.5 Å². The molecule has 1 aliphatic carbocycles. The molecule has 29 heavy (non-hydrogen) atoms. The average molecular weight is 392 g/mol. The maximum atomic E-state index is 12.1. The van der Waals surface area contributed by atoms with Crippen LogP contribution in [-0.4, -0.2) is 58.5 Å². The topological polar surface area (TPSA) is 87.3 Å². The normalized spacial score (nSPS) is 16.0. The minimum atomic E-state index is -0.247. The molecular weight excluding hydrogens is 368 g/mol. The van der Waals surface area contributed by atoms with Gasteiger partial charge in [-0.05, 0) is 18.1 Å². The lowest BCUT2D eigenvalue weighted by Crippen LogP contribution is -2.49. The molecule has 4 rings (SSSR count). The number of rotatable bonds is 4. The van der Waals surface area contributed by atoms with Crippen molar-refractivity contribution in [2.45, 2.75) is 19.8 Å². The minimum absolute atomic E-state index is 0.247. The van der Waals surface area contributed by atoms with Gasteiger partial charge in [0.1, 0.15) is 6.07 Å². The Bertz CT molecular complexity index is 995. The van der Waals surface area contributed by atoms with Gasteiger partial charge in [-0.1, -0.05) is 6.92 Å². The molecule has 2 aromatic heterocycles. The molecule has 0 spiro atoms. The van der Waals surface area contributed by atoms with E-state index >= 15 is 0 Å². The van der Waals surface area contributed by atoms with Crippen LogP contribution in [0.1, 0.15) is 30.2 Å². The van der Waals surface area contributed by atoms with E-state index in [0.29, 0.717) is 44.8 Å².